The fourth-order valence-electron chi connectivity index (χ4n) is 1.88. The molecule has 1 rings (SSSR count). The van der Waals surface area contributed by atoms with Crippen molar-refractivity contribution in [1.29, 1.82) is 0 Å². The number of amidine groups is 1. The maximum atomic E-state index is 13.6. The van der Waals surface area contributed by atoms with Crippen molar-refractivity contribution < 1.29 is 14.0 Å². The Labute approximate surface area is 131 Å². The van der Waals surface area contributed by atoms with Crippen LogP contribution >= 0.6 is 15.9 Å². The van der Waals surface area contributed by atoms with Gasteiger partial charge in [-0.1, -0.05) is 25.4 Å². The number of rotatable bonds is 7. The molecule has 0 aliphatic heterocycles. The summed E-state index contributed by atoms with van der Waals surface area (Å²) >= 11 is 3.12. The highest BCUT2D eigenvalue weighted by molar-refractivity contribution is 9.10. The average Bonchev–Trinajstić information content (AvgIpc) is 2.39. The molecule has 0 atom stereocenters. The van der Waals surface area contributed by atoms with Crippen LogP contribution in [0.15, 0.2) is 21.8 Å². The lowest BCUT2D eigenvalue weighted by atomic mass is 9.86. The molecule has 0 aliphatic rings. The molecule has 1 aromatic rings. The summed E-state index contributed by atoms with van der Waals surface area (Å²) in [5, 5.41) is 14.6. The topological polar surface area (TPSA) is 70.6 Å². The summed E-state index contributed by atoms with van der Waals surface area (Å²) in [5.74, 6) is -1.05. The van der Waals surface area contributed by atoms with Gasteiger partial charge in [0.1, 0.15) is 17.5 Å². The van der Waals surface area contributed by atoms with Crippen LogP contribution < -0.4 is 11.1 Å². The van der Waals surface area contributed by atoms with Crippen molar-refractivity contribution in [1.82, 2.24) is 0 Å². The third-order valence-corrected chi connectivity index (χ3v) is 3.96. The van der Waals surface area contributed by atoms with E-state index in [2.05, 4.69) is 26.4 Å². The van der Waals surface area contributed by atoms with Crippen molar-refractivity contribution >= 4 is 27.5 Å². The molecule has 0 heterocycles. The minimum absolute atomic E-state index is 0.197. The fourth-order valence-corrected chi connectivity index (χ4v) is 2.43. The van der Waals surface area contributed by atoms with Crippen LogP contribution in [0.25, 0.3) is 0 Å². The van der Waals surface area contributed by atoms with Gasteiger partial charge in [-0.25, -0.2) is 8.78 Å². The van der Waals surface area contributed by atoms with Crippen LogP contribution in [0.5, 0.6) is 0 Å². The highest BCUT2D eigenvalue weighted by atomic mass is 79.9. The molecule has 118 valence electrons. The summed E-state index contributed by atoms with van der Waals surface area (Å²) in [4.78, 5) is 0. The molecule has 0 saturated carbocycles. The largest absolute Gasteiger partial charge is 0.409 e. The molecule has 0 amide bonds. The Hall–Kier alpha value is -1.37. The molecule has 0 aromatic heterocycles. The number of unbranched alkanes of at least 4 members (excludes halogenated alkanes) is 1. The van der Waals surface area contributed by atoms with Crippen LogP contribution in [0, 0.1) is 17.0 Å². The Balaban J connectivity index is 2.42. The van der Waals surface area contributed by atoms with Gasteiger partial charge in [0.2, 0.25) is 0 Å². The van der Waals surface area contributed by atoms with Gasteiger partial charge in [-0.2, -0.15) is 0 Å². The highest BCUT2D eigenvalue weighted by Crippen LogP contribution is 2.27. The minimum atomic E-state index is -0.626. The van der Waals surface area contributed by atoms with Gasteiger partial charge < -0.3 is 16.3 Å². The van der Waals surface area contributed by atoms with Gasteiger partial charge in [0.25, 0.3) is 0 Å². The number of nitrogens with zero attached hydrogens (tertiary/aromatic N) is 1. The Bertz CT molecular complexity index is 498. The monoisotopic (exact) mass is 363 g/mol. The first-order valence-corrected chi connectivity index (χ1v) is 7.43. The zero-order valence-electron chi connectivity index (χ0n) is 12.1. The maximum Gasteiger partial charge on any atom is 0.150 e. The average molecular weight is 364 g/mol. The van der Waals surface area contributed by atoms with Crippen LogP contribution in [0.3, 0.4) is 0 Å². The molecule has 0 radical (unpaired) electrons. The van der Waals surface area contributed by atoms with Crippen molar-refractivity contribution in [3.05, 3.63) is 28.2 Å². The summed E-state index contributed by atoms with van der Waals surface area (Å²) in [5.41, 5.74) is 5.48. The lowest BCUT2D eigenvalue weighted by molar-refractivity contribution is 0.304. The lowest BCUT2D eigenvalue weighted by Gasteiger charge is -2.22. The predicted octanol–water partition coefficient (Wildman–Crippen LogP) is 4.08. The molecular formula is C14H20BrF2N3O. The van der Waals surface area contributed by atoms with E-state index in [0.717, 1.165) is 25.3 Å². The van der Waals surface area contributed by atoms with E-state index in [1.54, 1.807) is 0 Å². The van der Waals surface area contributed by atoms with Crippen LogP contribution in [0.1, 0.15) is 33.1 Å². The molecule has 0 unspecified atom stereocenters. The number of anilines is 1. The quantitative estimate of drug-likeness (QED) is 0.224. The highest BCUT2D eigenvalue weighted by Gasteiger charge is 2.22. The van der Waals surface area contributed by atoms with Gasteiger partial charge in [0.05, 0.1) is 5.69 Å². The van der Waals surface area contributed by atoms with Crippen LogP contribution in [0.2, 0.25) is 0 Å². The first kappa shape index (κ1) is 17.7. The standard InChI is InChI=1S/C14H20BrF2N3O/c1-14(2,13(18)20-21)5-3-4-6-19-12-10(15)7-9(16)8-11(12)17/h7-8,19,21H,3-6H2,1-2H3,(H2,18,20). The van der Waals surface area contributed by atoms with Crippen LogP contribution in [0.4, 0.5) is 14.5 Å². The third-order valence-electron chi connectivity index (χ3n) is 3.34. The summed E-state index contributed by atoms with van der Waals surface area (Å²) in [6.07, 6.45) is 2.36. The van der Waals surface area contributed by atoms with E-state index in [9.17, 15) is 8.78 Å². The fraction of sp³-hybridized carbons (Fsp3) is 0.500. The molecule has 7 heteroatoms. The molecule has 1 aromatic carbocycles. The van der Waals surface area contributed by atoms with E-state index in [-0.39, 0.29) is 16.9 Å². The first-order valence-electron chi connectivity index (χ1n) is 6.64. The van der Waals surface area contributed by atoms with E-state index in [4.69, 9.17) is 10.9 Å². The van der Waals surface area contributed by atoms with Crippen molar-refractivity contribution in [2.75, 3.05) is 11.9 Å². The number of benzene rings is 1. The van der Waals surface area contributed by atoms with Crippen LogP contribution in [-0.2, 0) is 0 Å². The normalized spacial score (nSPS) is 12.5. The number of nitrogens with two attached hydrogens (primary N) is 1. The van der Waals surface area contributed by atoms with E-state index in [1.807, 2.05) is 13.8 Å². The summed E-state index contributed by atoms with van der Waals surface area (Å²) < 4.78 is 26.9. The maximum absolute atomic E-state index is 13.6. The third kappa shape index (κ3) is 5.15. The number of oxime groups is 1. The molecular weight excluding hydrogens is 344 g/mol. The second kappa shape index (κ2) is 7.59. The van der Waals surface area contributed by atoms with Gasteiger partial charge in [-0.3, -0.25) is 0 Å². The first-order chi connectivity index (χ1) is 9.77. The Morgan fingerprint density at radius 1 is 1.38 bits per heavy atom. The molecule has 4 nitrogen and oxygen atoms in total. The van der Waals surface area contributed by atoms with Gasteiger partial charge in [-0.15, -0.1) is 0 Å². The number of halogens is 3. The van der Waals surface area contributed by atoms with Crippen molar-refractivity contribution in [2.24, 2.45) is 16.3 Å². The van der Waals surface area contributed by atoms with Gasteiger partial charge in [0, 0.05) is 22.5 Å². The predicted molar refractivity (Wildman–Crippen MR) is 83.6 cm³/mol. The molecule has 0 aliphatic carbocycles. The van der Waals surface area contributed by atoms with Crippen molar-refractivity contribution in [3.63, 3.8) is 0 Å². The molecule has 0 saturated heterocycles. The van der Waals surface area contributed by atoms with Gasteiger partial charge in [-0.05, 0) is 34.8 Å². The second-order valence-corrected chi connectivity index (χ2v) is 6.35. The van der Waals surface area contributed by atoms with E-state index in [0.29, 0.717) is 11.0 Å². The van der Waals surface area contributed by atoms with E-state index >= 15 is 0 Å². The molecule has 0 fully saturated rings. The van der Waals surface area contributed by atoms with E-state index in [1.165, 1.54) is 6.07 Å². The molecule has 21 heavy (non-hydrogen) atoms. The Kier molecular flexibility index (Phi) is 6.39. The molecule has 0 bridgehead atoms. The number of hydrogen-bond donors (Lipinski definition) is 3. The zero-order chi connectivity index (χ0) is 16.0. The van der Waals surface area contributed by atoms with Gasteiger partial charge in [0.15, 0.2) is 0 Å². The zero-order valence-corrected chi connectivity index (χ0v) is 13.7. The molecule has 4 N–H and O–H groups in total. The number of hydrogen-bond acceptors (Lipinski definition) is 3. The lowest BCUT2D eigenvalue weighted by Crippen LogP contribution is -2.31. The minimum Gasteiger partial charge on any atom is -0.409 e. The SMILES string of the molecule is CC(C)(CCCCNc1c(F)cc(F)cc1Br)C(N)=NO. The van der Waals surface area contributed by atoms with Crippen molar-refractivity contribution in [3.8, 4) is 0 Å². The van der Waals surface area contributed by atoms with Crippen LogP contribution in [-0.4, -0.2) is 17.6 Å². The Morgan fingerprint density at radius 3 is 2.62 bits per heavy atom. The Morgan fingerprint density at radius 2 is 2.05 bits per heavy atom. The van der Waals surface area contributed by atoms with E-state index < -0.39 is 11.6 Å². The smallest absolute Gasteiger partial charge is 0.150 e. The second-order valence-electron chi connectivity index (χ2n) is 5.50. The molecule has 0 spiro atoms. The number of nitrogens with one attached hydrogen (secondary N) is 1. The summed E-state index contributed by atoms with van der Waals surface area (Å²) in [6.45, 7) is 4.34. The summed E-state index contributed by atoms with van der Waals surface area (Å²) in [7, 11) is 0. The van der Waals surface area contributed by atoms with Crippen molar-refractivity contribution in [2.45, 2.75) is 33.1 Å². The van der Waals surface area contributed by atoms with Gasteiger partial charge >= 0.3 is 0 Å². The summed E-state index contributed by atoms with van der Waals surface area (Å²) in [6, 6.07) is 2.06.